The molecule has 1 saturated heterocycles. The predicted molar refractivity (Wildman–Crippen MR) is 105 cm³/mol. The lowest BCUT2D eigenvalue weighted by Crippen LogP contribution is -3.00. The Hall–Kier alpha value is -0.850. The van der Waals surface area contributed by atoms with E-state index < -0.39 is 6.10 Å². The van der Waals surface area contributed by atoms with Crippen molar-refractivity contribution in [2.75, 3.05) is 39.3 Å². The standard InChI is InChI=1S/C21H27ClN2O2.2ClH/c22-20-8-6-19(7-9-20)16-26-17-21(25)15-24-12-10-23(11-13-24)14-18-4-2-1-3-5-18;;/h1-9,21,25H,10-17H2;2*1H/p-2. The van der Waals surface area contributed by atoms with Crippen LogP contribution in [-0.2, 0) is 17.9 Å². The molecule has 156 valence electrons. The maximum atomic E-state index is 10.2. The van der Waals surface area contributed by atoms with Crippen LogP contribution >= 0.6 is 11.6 Å². The van der Waals surface area contributed by atoms with Crippen molar-refractivity contribution in [1.82, 2.24) is 9.80 Å². The number of piperazine rings is 1. The summed E-state index contributed by atoms with van der Waals surface area (Å²) in [6.45, 7) is 6.57. The third-order valence-electron chi connectivity index (χ3n) is 4.68. The van der Waals surface area contributed by atoms with Gasteiger partial charge in [0, 0.05) is 44.3 Å². The van der Waals surface area contributed by atoms with Crippen LogP contribution in [0.4, 0.5) is 0 Å². The monoisotopic (exact) mass is 444 g/mol. The van der Waals surface area contributed by atoms with Gasteiger partial charge in [0.25, 0.3) is 0 Å². The summed E-state index contributed by atoms with van der Waals surface area (Å²) in [5.74, 6) is 0. The van der Waals surface area contributed by atoms with E-state index in [0.717, 1.165) is 43.3 Å². The molecule has 0 spiro atoms. The van der Waals surface area contributed by atoms with E-state index >= 15 is 0 Å². The third-order valence-corrected chi connectivity index (χ3v) is 4.93. The Balaban J connectivity index is 0.00000196. The van der Waals surface area contributed by atoms with Crippen molar-refractivity contribution in [3.05, 3.63) is 70.7 Å². The average molecular weight is 446 g/mol. The van der Waals surface area contributed by atoms with Crippen LogP contribution in [0, 0.1) is 0 Å². The number of rotatable bonds is 8. The van der Waals surface area contributed by atoms with E-state index in [4.69, 9.17) is 16.3 Å². The molecule has 1 aliphatic rings. The number of aliphatic hydroxyl groups excluding tert-OH is 1. The van der Waals surface area contributed by atoms with Gasteiger partial charge in [-0.05, 0) is 23.3 Å². The molecule has 2 aromatic rings. The van der Waals surface area contributed by atoms with Crippen LogP contribution < -0.4 is 24.8 Å². The highest BCUT2D eigenvalue weighted by Gasteiger charge is 2.19. The molecule has 1 atom stereocenters. The van der Waals surface area contributed by atoms with Crippen molar-refractivity contribution in [3.63, 3.8) is 0 Å². The number of β-amino-alcohol motifs (C(OH)–C–C–N with tert-alkyl or cyclic N) is 1. The molecule has 0 radical (unpaired) electrons. The molecule has 1 fully saturated rings. The molecule has 0 aromatic heterocycles. The van der Waals surface area contributed by atoms with Crippen LogP contribution in [0.15, 0.2) is 54.6 Å². The quantitative estimate of drug-likeness (QED) is 0.471. The summed E-state index contributed by atoms with van der Waals surface area (Å²) >= 11 is 5.87. The summed E-state index contributed by atoms with van der Waals surface area (Å²) in [6, 6.07) is 18.2. The van der Waals surface area contributed by atoms with E-state index in [0.29, 0.717) is 19.8 Å². The Labute approximate surface area is 185 Å². The maximum Gasteiger partial charge on any atom is 0.0900 e. The summed E-state index contributed by atoms with van der Waals surface area (Å²) in [4.78, 5) is 4.78. The minimum absolute atomic E-state index is 0. The van der Waals surface area contributed by atoms with Crippen LogP contribution in [-0.4, -0.2) is 60.3 Å². The zero-order valence-corrected chi connectivity index (χ0v) is 18.1. The summed E-state index contributed by atoms with van der Waals surface area (Å²) in [7, 11) is 0. The minimum Gasteiger partial charge on any atom is -1.00 e. The molecule has 0 aliphatic carbocycles. The first-order valence-corrected chi connectivity index (χ1v) is 9.56. The normalized spacial score (nSPS) is 16.1. The second-order valence-corrected chi connectivity index (χ2v) is 7.29. The Kier molecular flexibility index (Phi) is 12.0. The molecule has 1 aliphatic heterocycles. The second kappa shape index (κ2) is 13.4. The smallest absolute Gasteiger partial charge is 0.0900 e. The lowest BCUT2D eigenvalue weighted by atomic mass is 10.2. The van der Waals surface area contributed by atoms with Crippen molar-refractivity contribution in [2.45, 2.75) is 19.3 Å². The molecule has 7 heteroatoms. The van der Waals surface area contributed by atoms with Gasteiger partial charge < -0.3 is 34.7 Å². The van der Waals surface area contributed by atoms with Gasteiger partial charge in [-0.2, -0.15) is 0 Å². The number of aliphatic hydroxyl groups is 1. The van der Waals surface area contributed by atoms with E-state index in [1.807, 2.05) is 24.3 Å². The van der Waals surface area contributed by atoms with E-state index in [-0.39, 0.29) is 24.8 Å². The number of hydrogen-bond acceptors (Lipinski definition) is 4. The molecule has 0 bridgehead atoms. The predicted octanol–water partition coefficient (Wildman–Crippen LogP) is -2.96. The summed E-state index contributed by atoms with van der Waals surface area (Å²) < 4.78 is 5.63. The SMILES string of the molecule is OC(COCc1ccc(Cl)cc1)CN1CCN(Cc2ccccc2)CC1.[Cl-].[Cl-]. The largest absolute Gasteiger partial charge is 1.00 e. The third kappa shape index (κ3) is 8.66. The summed E-state index contributed by atoms with van der Waals surface area (Å²) in [6.07, 6.45) is -0.456. The van der Waals surface area contributed by atoms with Crippen LogP contribution in [0.25, 0.3) is 0 Å². The first-order chi connectivity index (χ1) is 12.7. The van der Waals surface area contributed by atoms with Gasteiger partial charge in [0.2, 0.25) is 0 Å². The van der Waals surface area contributed by atoms with Gasteiger partial charge in [-0.15, -0.1) is 0 Å². The van der Waals surface area contributed by atoms with Gasteiger partial charge in [-0.25, -0.2) is 0 Å². The van der Waals surface area contributed by atoms with Gasteiger partial charge >= 0.3 is 0 Å². The van der Waals surface area contributed by atoms with Crippen molar-refractivity contribution >= 4 is 11.6 Å². The zero-order valence-electron chi connectivity index (χ0n) is 15.8. The highest BCUT2D eigenvalue weighted by atomic mass is 35.5. The first kappa shape index (κ1) is 25.2. The van der Waals surface area contributed by atoms with Crippen molar-refractivity contribution in [2.24, 2.45) is 0 Å². The van der Waals surface area contributed by atoms with Gasteiger partial charge in [0.15, 0.2) is 0 Å². The molecule has 28 heavy (non-hydrogen) atoms. The lowest BCUT2D eigenvalue weighted by molar-refractivity contribution is -0.00100. The molecular weight excluding hydrogens is 419 g/mol. The molecule has 4 nitrogen and oxygen atoms in total. The van der Waals surface area contributed by atoms with Crippen LogP contribution in [0.3, 0.4) is 0 Å². The maximum absolute atomic E-state index is 10.2. The number of hydrogen-bond donors (Lipinski definition) is 1. The topological polar surface area (TPSA) is 35.9 Å². The molecule has 2 aromatic carbocycles. The first-order valence-electron chi connectivity index (χ1n) is 9.18. The summed E-state index contributed by atoms with van der Waals surface area (Å²) in [5.41, 5.74) is 2.42. The molecular formula is C21H27Cl3N2O2-2. The van der Waals surface area contributed by atoms with E-state index in [1.165, 1.54) is 5.56 Å². The highest BCUT2D eigenvalue weighted by Crippen LogP contribution is 2.11. The van der Waals surface area contributed by atoms with E-state index in [1.54, 1.807) is 0 Å². The lowest BCUT2D eigenvalue weighted by Gasteiger charge is -2.35. The summed E-state index contributed by atoms with van der Waals surface area (Å²) in [5, 5.41) is 10.9. The fraction of sp³-hybridized carbons (Fsp3) is 0.429. The van der Waals surface area contributed by atoms with Crippen molar-refractivity contribution in [3.8, 4) is 0 Å². The van der Waals surface area contributed by atoms with Crippen molar-refractivity contribution < 1.29 is 34.7 Å². The zero-order chi connectivity index (χ0) is 18.2. The second-order valence-electron chi connectivity index (χ2n) is 6.86. The van der Waals surface area contributed by atoms with Gasteiger partial charge in [0.05, 0.1) is 19.3 Å². The van der Waals surface area contributed by atoms with Gasteiger partial charge in [0.1, 0.15) is 0 Å². The molecule has 1 unspecified atom stereocenters. The fourth-order valence-corrected chi connectivity index (χ4v) is 3.34. The van der Waals surface area contributed by atoms with Crippen LogP contribution in [0.1, 0.15) is 11.1 Å². The number of halogens is 3. The Morgan fingerprint density at radius 2 is 1.46 bits per heavy atom. The van der Waals surface area contributed by atoms with Crippen molar-refractivity contribution in [1.29, 1.82) is 0 Å². The molecule has 0 saturated carbocycles. The fourth-order valence-electron chi connectivity index (χ4n) is 3.22. The molecule has 1 N–H and O–H groups in total. The number of nitrogens with zero attached hydrogens (tertiary/aromatic N) is 2. The number of benzene rings is 2. The van der Waals surface area contributed by atoms with E-state index in [2.05, 4.69) is 40.1 Å². The Morgan fingerprint density at radius 3 is 2.11 bits per heavy atom. The molecule has 1 heterocycles. The average Bonchev–Trinajstić information content (AvgIpc) is 2.66. The van der Waals surface area contributed by atoms with Gasteiger partial charge in [-0.1, -0.05) is 54.1 Å². The Bertz CT molecular complexity index is 650. The Morgan fingerprint density at radius 1 is 0.857 bits per heavy atom. The number of ether oxygens (including phenoxy) is 1. The molecule has 3 rings (SSSR count). The highest BCUT2D eigenvalue weighted by molar-refractivity contribution is 6.30. The van der Waals surface area contributed by atoms with Gasteiger partial charge in [-0.3, -0.25) is 9.80 Å². The van der Waals surface area contributed by atoms with Crippen LogP contribution in [0.5, 0.6) is 0 Å². The van der Waals surface area contributed by atoms with E-state index in [9.17, 15) is 5.11 Å². The molecule has 0 amide bonds. The van der Waals surface area contributed by atoms with Crippen LogP contribution in [0.2, 0.25) is 5.02 Å². The minimum atomic E-state index is -0.456.